The van der Waals surface area contributed by atoms with Crippen molar-refractivity contribution >= 4 is 34.1 Å². The van der Waals surface area contributed by atoms with Crippen LogP contribution in [0.15, 0.2) is 41.0 Å². The lowest BCUT2D eigenvalue weighted by molar-refractivity contribution is 0.0996. The van der Waals surface area contributed by atoms with Crippen LogP contribution < -0.4 is 20.1 Å². The van der Waals surface area contributed by atoms with Gasteiger partial charge in [0.15, 0.2) is 22.4 Å². The van der Waals surface area contributed by atoms with E-state index in [0.717, 1.165) is 10.6 Å². The number of nitrogens with one attached hydrogen (secondary N) is 2. The van der Waals surface area contributed by atoms with Crippen LogP contribution in [0, 0.1) is 0 Å². The van der Waals surface area contributed by atoms with E-state index in [1.54, 1.807) is 49.5 Å². The molecule has 156 valence electrons. The van der Waals surface area contributed by atoms with Gasteiger partial charge in [0.05, 0.1) is 32.7 Å². The number of ether oxygens (including phenoxy) is 2. The van der Waals surface area contributed by atoms with Crippen molar-refractivity contribution in [3.8, 4) is 11.5 Å². The lowest BCUT2D eigenvalue weighted by atomic mass is 10.2. The maximum atomic E-state index is 12.7. The Labute approximate surface area is 176 Å². The summed E-state index contributed by atoms with van der Waals surface area (Å²) in [4.78, 5) is 32.0. The number of benzene rings is 1. The van der Waals surface area contributed by atoms with Crippen LogP contribution in [-0.2, 0) is 13.0 Å². The second kappa shape index (κ2) is 8.46. The second-order valence-electron chi connectivity index (χ2n) is 6.49. The van der Waals surface area contributed by atoms with Crippen molar-refractivity contribution in [2.45, 2.75) is 13.0 Å². The second-order valence-corrected chi connectivity index (χ2v) is 7.58. The van der Waals surface area contributed by atoms with Gasteiger partial charge in [-0.3, -0.25) is 10.1 Å². The quantitative estimate of drug-likeness (QED) is 0.643. The lowest BCUT2D eigenvalue weighted by Crippen LogP contribution is -2.38. The third-order valence-electron chi connectivity index (χ3n) is 4.62. The summed E-state index contributed by atoms with van der Waals surface area (Å²) in [5, 5.41) is 6.11. The number of anilines is 2. The van der Waals surface area contributed by atoms with Crippen molar-refractivity contribution in [1.82, 2.24) is 9.88 Å². The maximum absolute atomic E-state index is 12.7. The van der Waals surface area contributed by atoms with Crippen LogP contribution in [0.25, 0.3) is 0 Å². The topological polar surface area (TPSA) is 106 Å². The van der Waals surface area contributed by atoms with Crippen molar-refractivity contribution in [2.24, 2.45) is 0 Å². The van der Waals surface area contributed by atoms with Crippen LogP contribution >= 0.6 is 11.3 Å². The van der Waals surface area contributed by atoms with E-state index in [2.05, 4.69) is 15.6 Å². The predicted octanol–water partition coefficient (Wildman–Crippen LogP) is 3.60. The number of rotatable bonds is 5. The summed E-state index contributed by atoms with van der Waals surface area (Å²) in [6.07, 6.45) is 2.05. The summed E-state index contributed by atoms with van der Waals surface area (Å²) in [5.41, 5.74) is 1.50. The van der Waals surface area contributed by atoms with Gasteiger partial charge in [0, 0.05) is 29.6 Å². The molecule has 0 atom stereocenters. The highest BCUT2D eigenvalue weighted by Crippen LogP contribution is 2.31. The van der Waals surface area contributed by atoms with Crippen LogP contribution in [0.5, 0.6) is 11.5 Å². The smallest absolute Gasteiger partial charge is 0.322 e. The standard InChI is InChI=1S/C20H20N4O5S/c1-27-14-6-5-12(10-16(14)28-2)21-20(26)24-8-7-13-17(11-24)30-19(22-13)23-18(25)15-4-3-9-29-15/h3-6,9-10H,7-8,11H2,1-2H3,(H,21,26)(H,22,23,25). The summed E-state index contributed by atoms with van der Waals surface area (Å²) >= 11 is 1.36. The molecule has 1 aromatic carbocycles. The van der Waals surface area contributed by atoms with Crippen LogP contribution in [0.4, 0.5) is 15.6 Å². The average Bonchev–Trinajstić information content (AvgIpc) is 3.42. The van der Waals surface area contributed by atoms with E-state index in [9.17, 15) is 9.59 Å². The Kier molecular flexibility index (Phi) is 5.57. The van der Waals surface area contributed by atoms with Crippen molar-refractivity contribution in [3.05, 3.63) is 52.9 Å². The molecule has 0 saturated carbocycles. The zero-order valence-corrected chi connectivity index (χ0v) is 17.2. The summed E-state index contributed by atoms with van der Waals surface area (Å²) < 4.78 is 15.6. The molecule has 3 heterocycles. The normalized spacial score (nSPS) is 12.8. The number of aromatic nitrogens is 1. The number of methoxy groups -OCH3 is 2. The first-order chi connectivity index (χ1) is 14.6. The number of carbonyl (C=O) groups is 2. The van der Waals surface area contributed by atoms with Crippen LogP contribution in [0.3, 0.4) is 0 Å². The number of furan rings is 1. The Morgan fingerprint density at radius 1 is 1.17 bits per heavy atom. The molecule has 0 spiro atoms. The minimum absolute atomic E-state index is 0.220. The Morgan fingerprint density at radius 2 is 2.00 bits per heavy atom. The monoisotopic (exact) mass is 428 g/mol. The van der Waals surface area contributed by atoms with Crippen LogP contribution in [-0.4, -0.2) is 42.6 Å². The van der Waals surface area contributed by atoms with Crippen molar-refractivity contribution in [1.29, 1.82) is 0 Å². The Balaban J connectivity index is 1.41. The number of hydrogen-bond donors (Lipinski definition) is 2. The molecule has 4 rings (SSSR count). The van der Waals surface area contributed by atoms with Gasteiger partial charge in [-0.1, -0.05) is 11.3 Å². The van der Waals surface area contributed by atoms with E-state index in [4.69, 9.17) is 13.9 Å². The molecule has 2 aromatic heterocycles. The van der Waals surface area contributed by atoms with E-state index in [-0.39, 0.29) is 17.7 Å². The molecule has 1 aliphatic heterocycles. The SMILES string of the molecule is COc1ccc(NC(=O)N2CCc3nc(NC(=O)c4ccco4)sc3C2)cc1OC. The Bertz CT molecular complexity index is 1060. The largest absolute Gasteiger partial charge is 0.493 e. The number of urea groups is 1. The van der Waals surface area contributed by atoms with E-state index < -0.39 is 0 Å². The van der Waals surface area contributed by atoms with Gasteiger partial charge in [0.25, 0.3) is 5.91 Å². The zero-order chi connectivity index (χ0) is 21.1. The van der Waals surface area contributed by atoms with Crippen molar-refractivity contribution in [2.75, 3.05) is 31.4 Å². The van der Waals surface area contributed by atoms with E-state index >= 15 is 0 Å². The first-order valence-electron chi connectivity index (χ1n) is 9.18. The Hall–Kier alpha value is -3.53. The molecule has 0 saturated heterocycles. The molecule has 2 N–H and O–H groups in total. The molecule has 3 aromatic rings. The van der Waals surface area contributed by atoms with Crippen LogP contribution in [0.1, 0.15) is 21.1 Å². The minimum Gasteiger partial charge on any atom is -0.493 e. The number of amides is 3. The molecule has 30 heavy (non-hydrogen) atoms. The van der Waals surface area contributed by atoms with Gasteiger partial charge in [-0.2, -0.15) is 0 Å². The van der Waals surface area contributed by atoms with Crippen molar-refractivity contribution in [3.63, 3.8) is 0 Å². The molecule has 1 aliphatic rings. The average molecular weight is 428 g/mol. The summed E-state index contributed by atoms with van der Waals surface area (Å²) in [7, 11) is 3.10. The molecule has 10 heteroatoms. The number of carbonyl (C=O) groups excluding carboxylic acids is 2. The first kappa shape index (κ1) is 19.8. The van der Waals surface area contributed by atoms with Gasteiger partial charge < -0.3 is 24.1 Å². The summed E-state index contributed by atoms with van der Waals surface area (Å²) in [6.45, 7) is 0.949. The fraction of sp³-hybridized carbons (Fsp3) is 0.250. The van der Waals surface area contributed by atoms with Gasteiger partial charge in [0.1, 0.15) is 0 Å². The fourth-order valence-corrected chi connectivity index (χ4v) is 4.12. The van der Waals surface area contributed by atoms with E-state index in [0.29, 0.717) is 41.8 Å². The lowest BCUT2D eigenvalue weighted by Gasteiger charge is -2.26. The summed E-state index contributed by atoms with van der Waals surface area (Å²) in [5.74, 6) is 0.996. The predicted molar refractivity (Wildman–Crippen MR) is 111 cm³/mol. The van der Waals surface area contributed by atoms with Gasteiger partial charge in [0.2, 0.25) is 0 Å². The maximum Gasteiger partial charge on any atom is 0.322 e. The van der Waals surface area contributed by atoms with Gasteiger partial charge in [-0.25, -0.2) is 9.78 Å². The molecule has 0 aliphatic carbocycles. The third-order valence-corrected chi connectivity index (χ3v) is 5.62. The summed E-state index contributed by atoms with van der Waals surface area (Å²) in [6, 6.07) is 8.21. The Morgan fingerprint density at radius 3 is 2.73 bits per heavy atom. The molecule has 9 nitrogen and oxygen atoms in total. The molecular formula is C20H20N4O5S. The van der Waals surface area contributed by atoms with E-state index in [1.165, 1.54) is 17.6 Å². The molecule has 3 amide bonds. The first-order valence-corrected chi connectivity index (χ1v) is 10.0. The molecule has 0 bridgehead atoms. The molecule has 0 fully saturated rings. The third kappa shape index (κ3) is 4.08. The fourth-order valence-electron chi connectivity index (χ4n) is 3.11. The van der Waals surface area contributed by atoms with Gasteiger partial charge in [-0.15, -0.1) is 0 Å². The number of nitrogens with zero attached hydrogens (tertiary/aromatic N) is 2. The molecule has 0 unspecified atom stereocenters. The number of thiazole rings is 1. The van der Waals surface area contributed by atoms with Crippen molar-refractivity contribution < 1.29 is 23.5 Å². The molecular weight excluding hydrogens is 408 g/mol. The highest BCUT2D eigenvalue weighted by molar-refractivity contribution is 7.15. The molecule has 0 radical (unpaired) electrons. The van der Waals surface area contributed by atoms with Gasteiger partial charge >= 0.3 is 6.03 Å². The van der Waals surface area contributed by atoms with Gasteiger partial charge in [-0.05, 0) is 24.3 Å². The van der Waals surface area contributed by atoms with Crippen LogP contribution in [0.2, 0.25) is 0 Å². The zero-order valence-electron chi connectivity index (χ0n) is 16.4. The minimum atomic E-state index is -0.353. The number of fused-ring (bicyclic) bond motifs is 1. The highest BCUT2D eigenvalue weighted by Gasteiger charge is 2.25. The van der Waals surface area contributed by atoms with E-state index in [1.807, 2.05) is 0 Å². The number of hydrogen-bond acceptors (Lipinski definition) is 7. The highest BCUT2D eigenvalue weighted by atomic mass is 32.1.